The van der Waals surface area contributed by atoms with Gasteiger partial charge >= 0.3 is 11.1 Å². The van der Waals surface area contributed by atoms with Gasteiger partial charge in [0.1, 0.15) is 12.3 Å². The van der Waals surface area contributed by atoms with Crippen LogP contribution in [0.2, 0.25) is 5.02 Å². The SMILES string of the molecule is CCOc1ccc(CCNC(=O)Cn2c(=O)c(=O)n(Cc3ccc(Cl)cc3)c3ccccc32)cc1. The molecule has 1 N–H and O–H groups in total. The van der Waals surface area contributed by atoms with E-state index in [4.69, 9.17) is 16.3 Å². The number of amides is 1. The summed E-state index contributed by atoms with van der Waals surface area (Å²) < 4.78 is 8.11. The minimum absolute atomic E-state index is 0.223. The van der Waals surface area contributed by atoms with Crippen molar-refractivity contribution in [3.8, 4) is 5.75 Å². The molecule has 4 rings (SSSR count). The molecular formula is C27H26ClN3O4. The maximum Gasteiger partial charge on any atom is 0.317 e. The van der Waals surface area contributed by atoms with Crippen molar-refractivity contribution in [1.82, 2.24) is 14.5 Å². The number of rotatable bonds is 9. The molecule has 1 heterocycles. The van der Waals surface area contributed by atoms with Crippen LogP contribution in [0.25, 0.3) is 11.0 Å². The highest BCUT2D eigenvalue weighted by Gasteiger charge is 2.15. The highest BCUT2D eigenvalue weighted by molar-refractivity contribution is 6.30. The number of aromatic nitrogens is 2. The van der Waals surface area contributed by atoms with E-state index in [1.807, 2.05) is 43.3 Å². The van der Waals surface area contributed by atoms with Crippen LogP contribution in [0.5, 0.6) is 5.75 Å². The molecule has 0 aliphatic heterocycles. The van der Waals surface area contributed by atoms with Crippen LogP contribution < -0.4 is 21.2 Å². The van der Waals surface area contributed by atoms with Crippen molar-refractivity contribution in [3.05, 3.63) is 110 Å². The zero-order valence-corrected chi connectivity index (χ0v) is 20.1. The van der Waals surface area contributed by atoms with E-state index in [1.165, 1.54) is 9.13 Å². The summed E-state index contributed by atoms with van der Waals surface area (Å²) in [5.74, 6) is 0.468. The van der Waals surface area contributed by atoms with Gasteiger partial charge in [0, 0.05) is 11.6 Å². The predicted octanol–water partition coefficient (Wildman–Crippen LogP) is 3.62. The standard InChI is InChI=1S/C27H26ClN3O4/c1-2-35-22-13-9-19(10-14-22)15-16-29-25(32)18-31-24-6-4-3-5-23(24)30(26(33)27(31)34)17-20-7-11-21(28)12-8-20/h3-14H,2,15-18H2,1H3,(H,29,32). The van der Waals surface area contributed by atoms with E-state index in [1.54, 1.807) is 36.4 Å². The number of halogens is 1. The molecule has 0 radical (unpaired) electrons. The van der Waals surface area contributed by atoms with Crippen LogP contribution in [0, 0.1) is 0 Å². The fourth-order valence-corrected chi connectivity index (χ4v) is 4.05. The Labute approximate surface area is 207 Å². The molecule has 0 atom stereocenters. The number of hydrogen-bond acceptors (Lipinski definition) is 4. The molecule has 4 aromatic rings. The van der Waals surface area contributed by atoms with Gasteiger partial charge in [-0.1, -0.05) is 48.0 Å². The maximum atomic E-state index is 13.0. The first-order chi connectivity index (χ1) is 17.0. The third-order valence-corrected chi connectivity index (χ3v) is 5.91. The molecule has 0 unspecified atom stereocenters. The Balaban J connectivity index is 1.50. The van der Waals surface area contributed by atoms with Gasteiger partial charge in [-0.05, 0) is 60.9 Å². The van der Waals surface area contributed by atoms with Crippen molar-refractivity contribution in [2.24, 2.45) is 0 Å². The highest BCUT2D eigenvalue weighted by atomic mass is 35.5. The second kappa shape index (κ2) is 11.1. The first-order valence-electron chi connectivity index (χ1n) is 11.4. The van der Waals surface area contributed by atoms with Gasteiger partial charge in [0.15, 0.2) is 0 Å². The van der Waals surface area contributed by atoms with E-state index in [0.717, 1.165) is 16.9 Å². The molecule has 180 valence electrons. The lowest BCUT2D eigenvalue weighted by atomic mass is 10.1. The Morgan fingerprint density at radius 1 is 0.857 bits per heavy atom. The summed E-state index contributed by atoms with van der Waals surface area (Å²) >= 11 is 5.96. The summed E-state index contributed by atoms with van der Waals surface area (Å²) in [4.78, 5) is 38.6. The summed E-state index contributed by atoms with van der Waals surface area (Å²) in [6.45, 7) is 2.93. The third kappa shape index (κ3) is 5.81. The Morgan fingerprint density at radius 3 is 2.11 bits per heavy atom. The number of hydrogen-bond donors (Lipinski definition) is 1. The van der Waals surface area contributed by atoms with Crippen LogP contribution in [-0.2, 0) is 24.3 Å². The summed E-state index contributed by atoms with van der Waals surface area (Å²) in [7, 11) is 0. The van der Waals surface area contributed by atoms with Gasteiger partial charge in [0.05, 0.1) is 24.2 Å². The first kappa shape index (κ1) is 24.3. The van der Waals surface area contributed by atoms with Gasteiger partial charge in [-0.15, -0.1) is 0 Å². The van der Waals surface area contributed by atoms with Crippen molar-refractivity contribution in [1.29, 1.82) is 0 Å². The van der Waals surface area contributed by atoms with E-state index in [2.05, 4.69) is 5.32 Å². The number of benzene rings is 3. The van der Waals surface area contributed by atoms with Crippen LogP contribution in [0.1, 0.15) is 18.1 Å². The molecular weight excluding hydrogens is 466 g/mol. The van der Waals surface area contributed by atoms with Crippen molar-refractivity contribution >= 4 is 28.5 Å². The van der Waals surface area contributed by atoms with Gasteiger partial charge in [0.25, 0.3) is 0 Å². The number of carbonyl (C=O) groups excluding carboxylic acids is 1. The molecule has 1 amide bonds. The summed E-state index contributed by atoms with van der Waals surface area (Å²) in [5.41, 5.74) is 1.58. The van der Waals surface area contributed by atoms with E-state index in [9.17, 15) is 14.4 Å². The van der Waals surface area contributed by atoms with Crippen LogP contribution in [0.4, 0.5) is 0 Å². The fraction of sp³-hybridized carbons (Fsp3) is 0.222. The second-order valence-corrected chi connectivity index (χ2v) is 8.51. The first-order valence-corrected chi connectivity index (χ1v) is 11.8. The quantitative estimate of drug-likeness (QED) is 0.362. The number of para-hydroxylation sites is 2. The molecule has 0 saturated heterocycles. The van der Waals surface area contributed by atoms with E-state index in [0.29, 0.717) is 35.6 Å². The molecule has 0 aliphatic carbocycles. The largest absolute Gasteiger partial charge is 0.494 e. The molecule has 0 saturated carbocycles. The van der Waals surface area contributed by atoms with Gasteiger partial charge in [0.2, 0.25) is 5.91 Å². The summed E-state index contributed by atoms with van der Waals surface area (Å²) in [6.07, 6.45) is 0.635. The molecule has 0 fully saturated rings. The van der Waals surface area contributed by atoms with Crippen LogP contribution >= 0.6 is 11.6 Å². The van der Waals surface area contributed by atoms with Crippen LogP contribution in [-0.4, -0.2) is 28.2 Å². The Bertz CT molecular complexity index is 1440. The number of fused-ring (bicyclic) bond motifs is 1. The molecule has 3 aromatic carbocycles. The molecule has 0 aliphatic rings. The average molecular weight is 492 g/mol. The van der Waals surface area contributed by atoms with Crippen molar-refractivity contribution in [2.75, 3.05) is 13.2 Å². The smallest absolute Gasteiger partial charge is 0.317 e. The average Bonchev–Trinajstić information content (AvgIpc) is 2.87. The summed E-state index contributed by atoms with van der Waals surface area (Å²) in [5, 5.41) is 3.43. The molecule has 0 spiro atoms. The lowest BCUT2D eigenvalue weighted by molar-refractivity contribution is -0.121. The monoisotopic (exact) mass is 491 g/mol. The summed E-state index contributed by atoms with van der Waals surface area (Å²) in [6, 6.07) is 21.9. The molecule has 35 heavy (non-hydrogen) atoms. The minimum Gasteiger partial charge on any atom is -0.494 e. The second-order valence-electron chi connectivity index (χ2n) is 8.07. The van der Waals surface area contributed by atoms with Gasteiger partial charge in [-0.25, -0.2) is 0 Å². The van der Waals surface area contributed by atoms with Crippen LogP contribution in [0.3, 0.4) is 0 Å². The number of ether oxygens (including phenoxy) is 1. The third-order valence-electron chi connectivity index (χ3n) is 5.66. The predicted molar refractivity (Wildman–Crippen MR) is 137 cm³/mol. The number of nitrogens with zero attached hydrogens (tertiary/aromatic N) is 2. The van der Waals surface area contributed by atoms with E-state index in [-0.39, 0.29) is 19.0 Å². The molecule has 8 heteroatoms. The normalized spacial score (nSPS) is 10.9. The lowest BCUT2D eigenvalue weighted by Crippen LogP contribution is -2.44. The highest BCUT2D eigenvalue weighted by Crippen LogP contribution is 2.15. The molecule has 7 nitrogen and oxygen atoms in total. The fourth-order valence-electron chi connectivity index (χ4n) is 3.92. The van der Waals surface area contributed by atoms with Gasteiger partial charge in [-0.2, -0.15) is 0 Å². The Kier molecular flexibility index (Phi) is 7.67. The van der Waals surface area contributed by atoms with E-state index >= 15 is 0 Å². The zero-order chi connectivity index (χ0) is 24.8. The van der Waals surface area contributed by atoms with Crippen molar-refractivity contribution in [2.45, 2.75) is 26.4 Å². The maximum absolute atomic E-state index is 13.0. The van der Waals surface area contributed by atoms with Crippen molar-refractivity contribution in [3.63, 3.8) is 0 Å². The topological polar surface area (TPSA) is 82.3 Å². The zero-order valence-electron chi connectivity index (χ0n) is 19.4. The minimum atomic E-state index is -0.737. The van der Waals surface area contributed by atoms with Crippen molar-refractivity contribution < 1.29 is 9.53 Å². The van der Waals surface area contributed by atoms with Gasteiger partial charge < -0.3 is 10.1 Å². The Hall–Kier alpha value is -3.84. The number of carbonyl (C=O) groups is 1. The lowest BCUT2D eigenvalue weighted by Gasteiger charge is -2.15. The molecule has 1 aromatic heterocycles. The van der Waals surface area contributed by atoms with Gasteiger partial charge in [-0.3, -0.25) is 23.5 Å². The van der Waals surface area contributed by atoms with Crippen LogP contribution in [0.15, 0.2) is 82.4 Å². The molecule has 0 bridgehead atoms. The van der Waals surface area contributed by atoms with E-state index < -0.39 is 11.1 Å². The Morgan fingerprint density at radius 2 is 1.46 bits per heavy atom. The number of nitrogens with one attached hydrogen (secondary N) is 1.